The molecule has 2 heterocycles. The Morgan fingerprint density at radius 3 is 2.48 bits per heavy atom. The Hall–Kier alpha value is -1.67. The summed E-state index contributed by atoms with van der Waals surface area (Å²) in [6.45, 7) is 0.975. The summed E-state index contributed by atoms with van der Waals surface area (Å²) in [5, 5.41) is 11.2. The number of hydrogen-bond donors (Lipinski definition) is 0. The molecule has 1 aliphatic heterocycles. The standard InChI is InChI=1S/C14H18F3N5O/c15-14(16,17)11-9-4-2-8(3-5-9)10(11)12(23)21-6-1-7-22-13(21)18-19-20-22/h8-11H,1-7H2/t8?,9?,10-,11-/m0/s1. The van der Waals surface area contributed by atoms with E-state index in [2.05, 4.69) is 15.5 Å². The molecule has 1 aromatic rings. The van der Waals surface area contributed by atoms with E-state index in [-0.39, 0.29) is 11.9 Å². The van der Waals surface area contributed by atoms with Crippen molar-refractivity contribution in [1.29, 1.82) is 0 Å². The molecule has 2 bridgehead atoms. The fourth-order valence-corrected chi connectivity index (χ4v) is 4.68. The summed E-state index contributed by atoms with van der Waals surface area (Å²) in [7, 11) is 0. The van der Waals surface area contributed by atoms with Crippen LogP contribution >= 0.6 is 0 Å². The van der Waals surface area contributed by atoms with E-state index < -0.39 is 29.8 Å². The molecule has 0 aromatic carbocycles. The van der Waals surface area contributed by atoms with Crippen LogP contribution in [0.25, 0.3) is 0 Å². The van der Waals surface area contributed by atoms with Crippen LogP contribution in [0.15, 0.2) is 0 Å². The molecule has 0 radical (unpaired) electrons. The third-order valence-electron chi connectivity index (χ3n) is 5.65. The van der Waals surface area contributed by atoms with Gasteiger partial charge in [0.1, 0.15) is 0 Å². The number of tetrazole rings is 1. The number of halogens is 3. The van der Waals surface area contributed by atoms with Crippen LogP contribution < -0.4 is 4.90 Å². The van der Waals surface area contributed by atoms with Gasteiger partial charge in [0.2, 0.25) is 5.91 Å². The Bertz CT molecular complexity index is 608. The first kappa shape index (κ1) is 14.9. The number of fused-ring (bicyclic) bond motifs is 4. The average Bonchev–Trinajstić information content (AvgIpc) is 3.02. The van der Waals surface area contributed by atoms with Crippen LogP contribution in [-0.4, -0.2) is 38.8 Å². The van der Waals surface area contributed by atoms with E-state index in [1.165, 1.54) is 9.58 Å². The summed E-state index contributed by atoms with van der Waals surface area (Å²) in [4.78, 5) is 14.3. The van der Waals surface area contributed by atoms with E-state index in [1.54, 1.807) is 0 Å². The van der Waals surface area contributed by atoms with Gasteiger partial charge < -0.3 is 0 Å². The SMILES string of the molecule is O=C([C@H]1C2CCC(CC2)[C@@H]1C(F)(F)F)N1CCCn2nnnc21. The fourth-order valence-electron chi connectivity index (χ4n) is 4.68. The number of nitrogens with zero attached hydrogens (tertiary/aromatic N) is 5. The molecular weight excluding hydrogens is 311 g/mol. The summed E-state index contributed by atoms with van der Waals surface area (Å²) in [6.07, 6.45) is -1.08. The number of carbonyl (C=O) groups is 1. The summed E-state index contributed by atoms with van der Waals surface area (Å²) >= 11 is 0. The number of hydrogen-bond acceptors (Lipinski definition) is 4. The maximum Gasteiger partial charge on any atom is 0.392 e. The predicted octanol–water partition coefficient (Wildman–Crippen LogP) is 2.02. The quantitative estimate of drug-likeness (QED) is 0.791. The lowest BCUT2D eigenvalue weighted by atomic mass is 9.58. The number of aryl methyl sites for hydroxylation is 1. The lowest BCUT2D eigenvalue weighted by Crippen LogP contribution is -2.55. The zero-order chi connectivity index (χ0) is 16.2. The maximum atomic E-state index is 13.6. The van der Waals surface area contributed by atoms with E-state index in [1.807, 2.05) is 0 Å². The number of aromatic nitrogens is 4. The normalized spacial score (nSPS) is 33.6. The van der Waals surface area contributed by atoms with Crippen molar-refractivity contribution in [2.24, 2.45) is 23.7 Å². The van der Waals surface area contributed by atoms with Crippen molar-refractivity contribution in [1.82, 2.24) is 20.2 Å². The van der Waals surface area contributed by atoms with E-state index in [4.69, 9.17) is 0 Å². The van der Waals surface area contributed by atoms with Gasteiger partial charge in [-0.2, -0.15) is 13.2 Å². The zero-order valence-electron chi connectivity index (χ0n) is 12.5. The van der Waals surface area contributed by atoms with Gasteiger partial charge in [-0.3, -0.25) is 9.69 Å². The number of carbonyl (C=O) groups excluding carboxylic acids is 1. The third kappa shape index (κ3) is 2.31. The minimum atomic E-state index is -4.33. The maximum absolute atomic E-state index is 13.6. The second-order valence-corrected chi connectivity index (χ2v) is 6.81. The Morgan fingerprint density at radius 2 is 1.78 bits per heavy atom. The second-order valence-electron chi connectivity index (χ2n) is 6.81. The van der Waals surface area contributed by atoms with Gasteiger partial charge in [0.05, 0.1) is 11.8 Å². The van der Waals surface area contributed by atoms with Crippen molar-refractivity contribution in [3.63, 3.8) is 0 Å². The van der Waals surface area contributed by atoms with Crippen LogP contribution in [-0.2, 0) is 11.3 Å². The first-order chi connectivity index (χ1) is 11.0. The van der Waals surface area contributed by atoms with Gasteiger partial charge in [-0.25, -0.2) is 4.68 Å². The largest absolute Gasteiger partial charge is 0.392 e. The van der Waals surface area contributed by atoms with Crippen molar-refractivity contribution in [2.45, 2.75) is 44.8 Å². The van der Waals surface area contributed by atoms with E-state index in [0.717, 1.165) is 0 Å². The first-order valence-electron chi connectivity index (χ1n) is 8.11. The molecule has 4 aliphatic rings. The molecule has 23 heavy (non-hydrogen) atoms. The van der Waals surface area contributed by atoms with Gasteiger partial charge in [-0.05, 0) is 54.4 Å². The van der Waals surface area contributed by atoms with Crippen LogP contribution in [0.2, 0.25) is 0 Å². The minimum Gasteiger partial charge on any atom is -0.279 e. The van der Waals surface area contributed by atoms with Gasteiger partial charge in [-0.1, -0.05) is 5.10 Å². The van der Waals surface area contributed by atoms with Gasteiger partial charge in [-0.15, -0.1) is 0 Å². The number of rotatable bonds is 1. The smallest absolute Gasteiger partial charge is 0.279 e. The lowest BCUT2D eigenvalue weighted by Gasteiger charge is -2.49. The highest BCUT2D eigenvalue weighted by molar-refractivity contribution is 5.94. The Labute approximate surface area is 131 Å². The van der Waals surface area contributed by atoms with Crippen molar-refractivity contribution in [3.05, 3.63) is 0 Å². The fraction of sp³-hybridized carbons (Fsp3) is 0.857. The van der Waals surface area contributed by atoms with Crippen LogP contribution in [0.1, 0.15) is 32.1 Å². The molecule has 3 fully saturated rings. The Morgan fingerprint density at radius 1 is 1.09 bits per heavy atom. The molecular formula is C14H18F3N5O. The predicted molar refractivity (Wildman–Crippen MR) is 73.3 cm³/mol. The van der Waals surface area contributed by atoms with Crippen LogP contribution in [0, 0.1) is 23.7 Å². The monoisotopic (exact) mass is 329 g/mol. The Kier molecular flexibility index (Phi) is 3.35. The van der Waals surface area contributed by atoms with Gasteiger partial charge >= 0.3 is 6.18 Å². The molecule has 126 valence electrons. The molecule has 3 saturated carbocycles. The van der Waals surface area contributed by atoms with E-state index >= 15 is 0 Å². The number of alkyl halides is 3. The molecule has 0 saturated heterocycles. The summed E-state index contributed by atoms with van der Waals surface area (Å²) in [5.74, 6) is -3.26. The molecule has 1 amide bonds. The lowest BCUT2D eigenvalue weighted by molar-refractivity contribution is -0.228. The highest BCUT2D eigenvalue weighted by Gasteiger charge is 2.59. The molecule has 0 unspecified atom stereocenters. The van der Waals surface area contributed by atoms with Crippen LogP contribution in [0.5, 0.6) is 0 Å². The molecule has 0 N–H and O–H groups in total. The number of anilines is 1. The summed E-state index contributed by atoms with van der Waals surface area (Å²) in [6, 6.07) is 0. The average molecular weight is 329 g/mol. The molecule has 3 aliphatic carbocycles. The highest BCUT2D eigenvalue weighted by atomic mass is 19.4. The first-order valence-corrected chi connectivity index (χ1v) is 8.11. The third-order valence-corrected chi connectivity index (χ3v) is 5.65. The molecule has 6 nitrogen and oxygen atoms in total. The minimum absolute atomic E-state index is 0.176. The molecule has 5 rings (SSSR count). The zero-order valence-corrected chi connectivity index (χ0v) is 12.5. The van der Waals surface area contributed by atoms with Gasteiger partial charge in [0, 0.05) is 13.1 Å². The van der Waals surface area contributed by atoms with E-state index in [0.29, 0.717) is 45.2 Å². The highest BCUT2D eigenvalue weighted by Crippen LogP contribution is 2.55. The van der Waals surface area contributed by atoms with Gasteiger partial charge in [0.15, 0.2) is 0 Å². The molecule has 9 heteroatoms. The Balaban J connectivity index is 1.67. The van der Waals surface area contributed by atoms with Gasteiger partial charge in [0.25, 0.3) is 5.95 Å². The topological polar surface area (TPSA) is 63.9 Å². The van der Waals surface area contributed by atoms with Crippen LogP contribution in [0.4, 0.5) is 19.1 Å². The second kappa shape index (κ2) is 5.17. The molecule has 2 atom stereocenters. The van der Waals surface area contributed by atoms with Crippen molar-refractivity contribution >= 4 is 11.9 Å². The summed E-state index contributed by atoms with van der Waals surface area (Å²) in [5.41, 5.74) is 0. The number of amides is 1. The van der Waals surface area contributed by atoms with E-state index in [9.17, 15) is 18.0 Å². The van der Waals surface area contributed by atoms with Crippen molar-refractivity contribution < 1.29 is 18.0 Å². The van der Waals surface area contributed by atoms with Crippen molar-refractivity contribution in [3.8, 4) is 0 Å². The molecule has 0 spiro atoms. The molecule has 1 aromatic heterocycles. The van der Waals surface area contributed by atoms with Crippen LogP contribution in [0.3, 0.4) is 0 Å². The summed E-state index contributed by atoms with van der Waals surface area (Å²) < 4.78 is 42.3. The van der Waals surface area contributed by atoms with Crippen molar-refractivity contribution in [2.75, 3.05) is 11.4 Å².